The third-order valence-electron chi connectivity index (χ3n) is 5.48. The van der Waals surface area contributed by atoms with Crippen LogP contribution in [0.15, 0.2) is 96.3 Å². The summed E-state index contributed by atoms with van der Waals surface area (Å²) in [5.41, 5.74) is 2.06. The van der Waals surface area contributed by atoms with Gasteiger partial charge in [-0.05, 0) is 53.6 Å². The largest absolute Gasteiger partial charge is 0.503 e. The first-order valence-corrected chi connectivity index (χ1v) is 10.4. The number of hydrogen-bond acceptors (Lipinski definition) is 5. The third-order valence-corrected chi connectivity index (χ3v) is 5.48. The molecule has 1 aliphatic rings. The molecule has 1 heterocycles. The zero-order valence-electron chi connectivity index (χ0n) is 18.3. The van der Waals surface area contributed by atoms with Crippen LogP contribution in [0.4, 0.5) is 5.69 Å². The van der Waals surface area contributed by atoms with E-state index in [0.29, 0.717) is 22.7 Å². The van der Waals surface area contributed by atoms with E-state index in [9.17, 15) is 14.7 Å². The third kappa shape index (κ3) is 4.36. The molecule has 0 aromatic heterocycles. The van der Waals surface area contributed by atoms with E-state index in [4.69, 9.17) is 9.47 Å². The van der Waals surface area contributed by atoms with Gasteiger partial charge in [-0.15, -0.1) is 0 Å². The van der Waals surface area contributed by atoms with Gasteiger partial charge in [0.15, 0.2) is 11.5 Å². The van der Waals surface area contributed by atoms with Gasteiger partial charge in [0.25, 0.3) is 5.91 Å². The van der Waals surface area contributed by atoms with Crippen LogP contribution >= 0.6 is 0 Å². The molecule has 33 heavy (non-hydrogen) atoms. The summed E-state index contributed by atoms with van der Waals surface area (Å²) in [6.45, 7) is 0. The Morgan fingerprint density at radius 1 is 0.879 bits per heavy atom. The fourth-order valence-corrected chi connectivity index (χ4v) is 3.79. The van der Waals surface area contributed by atoms with E-state index in [1.54, 1.807) is 68.8 Å². The molecule has 4 rings (SSSR count). The molecular formula is C27H23NO5. The lowest BCUT2D eigenvalue weighted by Crippen LogP contribution is -2.30. The van der Waals surface area contributed by atoms with E-state index >= 15 is 0 Å². The summed E-state index contributed by atoms with van der Waals surface area (Å²) in [5, 5.41) is 10.8. The topological polar surface area (TPSA) is 76.1 Å². The quantitative estimate of drug-likeness (QED) is 0.529. The molecule has 6 heteroatoms. The van der Waals surface area contributed by atoms with Crippen LogP contribution in [0.5, 0.6) is 11.5 Å². The number of carbonyl (C=O) groups excluding carboxylic acids is 2. The Morgan fingerprint density at radius 3 is 2.03 bits per heavy atom. The number of carbonyl (C=O) groups is 2. The lowest BCUT2D eigenvalue weighted by molar-refractivity contribution is -0.117. The van der Waals surface area contributed by atoms with Crippen molar-refractivity contribution in [2.75, 3.05) is 19.1 Å². The van der Waals surface area contributed by atoms with Crippen molar-refractivity contribution >= 4 is 23.5 Å². The molecule has 0 bridgehead atoms. The molecule has 0 saturated heterocycles. The molecule has 0 spiro atoms. The minimum atomic E-state index is -0.801. The fourth-order valence-electron chi connectivity index (χ4n) is 3.79. The van der Waals surface area contributed by atoms with Gasteiger partial charge in [0, 0.05) is 5.69 Å². The highest BCUT2D eigenvalue weighted by molar-refractivity contribution is 6.19. The lowest BCUT2D eigenvalue weighted by atomic mass is 9.95. The van der Waals surface area contributed by atoms with Crippen molar-refractivity contribution in [3.8, 4) is 11.5 Å². The Labute approximate surface area is 192 Å². The van der Waals surface area contributed by atoms with Crippen LogP contribution in [0.3, 0.4) is 0 Å². The Kier molecular flexibility index (Phi) is 6.26. The second-order valence-electron chi connectivity index (χ2n) is 7.42. The fraction of sp³-hybridized carbons (Fsp3) is 0.111. The van der Waals surface area contributed by atoms with Crippen molar-refractivity contribution in [3.05, 3.63) is 107 Å². The highest BCUT2D eigenvalue weighted by atomic mass is 16.5. The van der Waals surface area contributed by atoms with Crippen LogP contribution in [0, 0.1) is 0 Å². The number of nitrogens with zero attached hydrogens (tertiary/aromatic N) is 1. The van der Waals surface area contributed by atoms with E-state index in [1.807, 2.05) is 30.3 Å². The maximum absolute atomic E-state index is 13.2. The monoisotopic (exact) mass is 441 g/mol. The van der Waals surface area contributed by atoms with Gasteiger partial charge in [0.2, 0.25) is 0 Å². The van der Waals surface area contributed by atoms with Crippen molar-refractivity contribution in [2.45, 2.75) is 6.04 Å². The molecule has 0 aliphatic carbocycles. The maximum Gasteiger partial charge on any atom is 0.294 e. The average Bonchev–Trinajstić information content (AvgIpc) is 3.13. The zero-order chi connectivity index (χ0) is 23.4. The van der Waals surface area contributed by atoms with E-state index in [-0.39, 0.29) is 5.57 Å². The molecule has 1 amide bonds. The first-order valence-electron chi connectivity index (χ1n) is 10.4. The minimum Gasteiger partial charge on any atom is -0.503 e. The molecule has 1 aliphatic heterocycles. The molecule has 0 saturated carbocycles. The molecule has 3 aromatic carbocycles. The molecule has 166 valence electrons. The number of ketones is 1. The molecule has 1 atom stereocenters. The molecular weight excluding hydrogens is 418 g/mol. The second-order valence-corrected chi connectivity index (χ2v) is 7.42. The maximum atomic E-state index is 13.2. The first-order chi connectivity index (χ1) is 16.0. The summed E-state index contributed by atoms with van der Waals surface area (Å²) in [6, 6.07) is 22.5. The van der Waals surface area contributed by atoms with Crippen molar-refractivity contribution in [3.63, 3.8) is 0 Å². The standard InChI is InChI=1S/C27H23NO5/c1-32-21-13-9-19(10-14-21)25-24(23(29)17-8-18-6-4-3-5-7-18)26(30)27(31)28(25)20-11-15-22(33-2)16-12-20/h3-17,25,30H,1-2H3/b17-8+. The van der Waals surface area contributed by atoms with Gasteiger partial charge in [-0.1, -0.05) is 48.5 Å². The highest BCUT2D eigenvalue weighted by Gasteiger charge is 2.43. The van der Waals surface area contributed by atoms with Gasteiger partial charge in [-0.25, -0.2) is 0 Å². The number of aliphatic hydroxyl groups is 1. The van der Waals surface area contributed by atoms with Crippen LogP contribution in [-0.4, -0.2) is 31.0 Å². The number of amides is 1. The second kappa shape index (κ2) is 9.44. The summed E-state index contributed by atoms with van der Waals surface area (Å²) in [4.78, 5) is 27.8. The van der Waals surface area contributed by atoms with Gasteiger partial charge in [0.1, 0.15) is 11.5 Å². The highest BCUT2D eigenvalue weighted by Crippen LogP contribution is 2.41. The molecule has 3 aromatic rings. The SMILES string of the molecule is COc1ccc(C2C(C(=O)/C=C/c3ccccc3)=C(O)C(=O)N2c2ccc(OC)cc2)cc1. The number of anilines is 1. The number of ether oxygens (including phenoxy) is 2. The number of rotatable bonds is 7. The predicted molar refractivity (Wildman–Crippen MR) is 126 cm³/mol. The molecule has 0 fully saturated rings. The zero-order valence-corrected chi connectivity index (χ0v) is 18.3. The smallest absolute Gasteiger partial charge is 0.294 e. The van der Waals surface area contributed by atoms with Gasteiger partial charge in [0.05, 0.1) is 25.8 Å². The summed E-state index contributed by atoms with van der Waals surface area (Å²) >= 11 is 0. The summed E-state index contributed by atoms with van der Waals surface area (Å²) in [6.07, 6.45) is 3.04. The van der Waals surface area contributed by atoms with E-state index in [1.165, 1.54) is 11.0 Å². The molecule has 1 unspecified atom stereocenters. The van der Waals surface area contributed by atoms with Crippen molar-refractivity contribution in [1.82, 2.24) is 0 Å². The Hall–Kier alpha value is -4.32. The van der Waals surface area contributed by atoms with Crippen LogP contribution in [-0.2, 0) is 9.59 Å². The molecule has 0 radical (unpaired) electrons. The summed E-state index contributed by atoms with van der Waals surface area (Å²) < 4.78 is 10.4. The first kappa shape index (κ1) is 21.9. The van der Waals surface area contributed by atoms with Gasteiger partial charge in [-0.3, -0.25) is 14.5 Å². The van der Waals surface area contributed by atoms with Crippen LogP contribution < -0.4 is 14.4 Å². The normalized spacial score (nSPS) is 15.9. The number of benzene rings is 3. The van der Waals surface area contributed by atoms with Crippen molar-refractivity contribution in [2.24, 2.45) is 0 Å². The van der Waals surface area contributed by atoms with Crippen LogP contribution in [0.2, 0.25) is 0 Å². The molecule has 6 nitrogen and oxygen atoms in total. The predicted octanol–water partition coefficient (Wildman–Crippen LogP) is 4.89. The van der Waals surface area contributed by atoms with Crippen molar-refractivity contribution in [1.29, 1.82) is 0 Å². The summed E-state index contributed by atoms with van der Waals surface area (Å²) in [7, 11) is 3.12. The van der Waals surface area contributed by atoms with E-state index in [0.717, 1.165) is 5.56 Å². The van der Waals surface area contributed by atoms with Crippen molar-refractivity contribution < 1.29 is 24.2 Å². The van der Waals surface area contributed by atoms with Crippen LogP contribution in [0.1, 0.15) is 17.2 Å². The number of allylic oxidation sites excluding steroid dienone is 1. The van der Waals surface area contributed by atoms with Gasteiger partial charge >= 0.3 is 0 Å². The van der Waals surface area contributed by atoms with Crippen LogP contribution in [0.25, 0.3) is 6.08 Å². The van der Waals surface area contributed by atoms with E-state index in [2.05, 4.69) is 0 Å². The number of aliphatic hydroxyl groups excluding tert-OH is 1. The number of methoxy groups -OCH3 is 2. The summed E-state index contributed by atoms with van der Waals surface area (Å²) in [5.74, 6) is -0.372. The lowest BCUT2D eigenvalue weighted by Gasteiger charge is -2.27. The van der Waals surface area contributed by atoms with Gasteiger partial charge < -0.3 is 14.6 Å². The Morgan fingerprint density at radius 2 is 1.45 bits per heavy atom. The molecule has 1 N–H and O–H groups in total. The number of hydrogen-bond donors (Lipinski definition) is 1. The van der Waals surface area contributed by atoms with E-state index < -0.39 is 23.5 Å². The Bertz CT molecular complexity index is 1210. The minimum absolute atomic E-state index is 0.0215. The Balaban J connectivity index is 1.77. The van der Waals surface area contributed by atoms with Gasteiger partial charge in [-0.2, -0.15) is 0 Å². The average molecular weight is 441 g/mol.